The van der Waals surface area contributed by atoms with Crippen molar-refractivity contribution in [3.05, 3.63) is 0 Å². The molecule has 0 aromatic heterocycles. The highest BCUT2D eigenvalue weighted by Gasteiger charge is 2.38. The number of nitrogens with one attached hydrogen (secondary N) is 1. The van der Waals surface area contributed by atoms with E-state index in [-0.39, 0.29) is 5.60 Å². The van der Waals surface area contributed by atoms with Gasteiger partial charge in [0.25, 0.3) is 0 Å². The number of likely N-dealkylation sites (tertiary alicyclic amines) is 1. The lowest BCUT2D eigenvalue weighted by atomic mass is 9.89. The van der Waals surface area contributed by atoms with Crippen LogP contribution < -0.4 is 5.32 Å². The van der Waals surface area contributed by atoms with E-state index in [2.05, 4.69) is 22.0 Å². The van der Waals surface area contributed by atoms with Crippen LogP contribution in [0, 0.1) is 0 Å². The van der Waals surface area contributed by atoms with Gasteiger partial charge in [-0.3, -0.25) is 4.90 Å². The predicted molar refractivity (Wildman–Crippen MR) is 68.1 cm³/mol. The molecule has 3 nitrogen and oxygen atoms in total. The van der Waals surface area contributed by atoms with E-state index in [4.69, 9.17) is 4.74 Å². The normalized spacial score (nSPS) is 35.6. The van der Waals surface area contributed by atoms with Crippen LogP contribution in [-0.4, -0.2) is 60.8 Å². The Balaban J connectivity index is 1.54. The summed E-state index contributed by atoms with van der Waals surface area (Å²) in [7, 11) is 0. The van der Waals surface area contributed by atoms with Gasteiger partial charge in [-0.25, -0.2) is 0 Å². The topological polar surface area (TPSA) is 24.5 Å². The number of ether oxygens (including phenoxy) is 1. The van der Waals surface area contributed by atoms with E-state index in [1.54, 1.807) is 0 Å². The molecule has 3 aliphatic heterocycles. The summed E-state index contributed by atoms with van der Waals surface area (Å²) in [5.74, 6) is 2.72. The van der Waals surface area contributed by atoms with Crippen LogP contribution >= 0.6 is 11.8 Å². The summed E-state index contributed by atoms with van der Waals surface area (Å²) in [5, 5.41) is 3.48. The lowest BCUT2D eigenvalue weighted by Gasteiger charge is -2.45. The van der Waals surface area contributed by atoms with E-state index < -0.39 is 0 Å². The minimum atomic E-state index is 0.181. The van der Waals surface area contributed by atoms with Crippen molar-refractivity contribution in [3.63, 3.8) is 0 Å². The first-order valence-electron chi connectivity index (χ1n) is 6.55. The van der Waals surface area contributed by atoms with E-state index in [1.807, 2.05) is 0 Å². The quantitative estimate of drug-likeness (QED) is 0.740. The van der Waals surface area contributed by atoms with Crippen molar-refractivity contribution in [2.45, 2.75) is 30.9 Å². The maximum atomic E-state index is 6.02. The van der Waals surface area contributed by atoms with E-state index in [0.29, 0.717) is 0 Å². The number of hydrogen-bond acceptors (Lipinski definition) is 4. The van der Waals surface area contributed by atoms with Crippen LogP contribution in [0.2, 0.25) is 0 Å². The molecule has 1 N–H and O–H groups in total. The first-order valence-corrected chi connectivity index (χ1v) is 7.70. The van der Waals surface area contributed by atoms with Gasteiger partial charge < -0.3 is 10.1 Å². The Kier molecular flexibility index (Phi) is 3.43. The number of hydrogen-bond donors (Lipinski definition) is 1. The summed E-state index contributed by atoms with van der Waals surface area (Å²) < 4.78 is 6.02. The first kappa shape index (κ1) is 11.3. The van der Waals surface area contributed by atoms with E-state index in [9.17, 15) is 0 Å². The lowest BCUT2D eigenvalue weighted by Crippen LogP contribution is -2.57. The molecule has 1 spiro atoms. The van der Waals surface area contributed by atoms with Crippen LogP contribution in [0.3, 0.4) is 0 Å². The van der Waals surface area contributed by atoms with Crippen LogP contribution in [0.5, 0.6) is 0 Å². The van der Waals surface area contributed by atoms with Gasteiger partial charge in [0.15, 0.2) is 0 Å². The fraction of sp³-hybridized carbons (Fsp3) is 1.00. The molecular formula is C12H22N2OS. The van der Waals surface area contributed by atoms with Gasteiger partial charge in [-0.1, -0.05) is 0 Å². The van der Waals surface area contributed by atoms with Crippen LogP contribution in [-0.2, 0) is 4.74 Å². The van der Waals surface area contributed by atoms with Crippen LogP contribution in [0.15, 0.2) is 0 Å². The van der Waals surface area contributed by atoms with Crippen molar-refractivity contribution in [2.75, 3.05) is 44.3 Å². The fourth-order valence-corrected chi connectivity index (χ4v) is 4.39. The molecule has 0 aliphatic carbocycles. The average molecular weight is 242 g/mol. The standard InChI is InChI=1S/C12H22N2OS/c1-8-16-9-11(1)14-5-2-12(3-6-14)10-13-4-7-15-12/h11,13H,1-10H2/t11-/m0/s1. The molecule has 3 heterocycles. The second-order valence-electron chi connectivity index (χ2n) is 5.26. The van der Waals surface area contributed by atoms with Crippen LogP contribution in [0.25, 0.3) is 0 Å². The third kappa shape index (κ3) is 2.26. The van der Waals surface area contributed by atoms with Gasteiger partial charge in [0, 0.05) is 38.0 Å². The molecule has 92 valence electrons. The van der Waals surface area contributed by atoms with Gasteiger partial charge in [-0.05, 0) is 25.0 Å². The Hall–Kier alpha value is 0.230. The van der Waals surface area contributed by atoms with Gasteiger partial charge in [-0.2, -0.15) is 11.8 Å². The van der Waals surface area contributed by atoms with Crippen molar-refractivity contribution < 1.29 is 4.74 Å². The first-order chi connectivity index (χ1) is 7.88. The zero-order valence-corrected chi connectivity index (χ0v) is 10.7. The van der Waals surface area contributed by atoms with Gasteiger partial charge >= 0.3 is 0 Å². The smallest absolute Gasteiger partial charge is 0.0831 e. The summed E-state index contributed by atoms with van der Waals surface area (Å²) in [4.78, 5) is 2.70. The summed E-state index contributed by atoms with van der Waals surface area (Å²) in [6, 6.07) is 0.860. The summed E-state index contributed by atoms with van der Waals surface area (Å²) in [6.45, 7) is 5.49. The molecule has 0 radical (unpaired) electrons. The summed E-state index contributed by atoms with van der Waals surface area (Å²) in [6.07, 6.45) is 3.85. The minimum absolute atomic E-state index is 0.181. The lowest BCUT2D eigenvalue weighted by molar-refractivity contribution is -0.103. The van der Waals surface area contributed by atoms with E-state index in [1.165, 1.54) is 43.9 Å². The van der Waals surface area contributed by atoms with Crippen LogP contribution in [0.1, 0.15) is 19.3 Å². The van der Waals surface area contributed by atoms with Crippen molar-refractivity contribution in [1.29, 1.82) is 0 Å². The number of morpholine rings is 1. The third-order valence-electron chi connectivity index (χ3n) is 4.27. The minimum Gasteiger partial charge on any atom is -0.372 e. The zero-order chi connectivity index (χ0) is 10.8. The number of nitrogens with zero attached hydrogens (tertiary/aromatic N) is 1. The van der Waals surface area contributed by atoms with E-state index >= 15 is 0 Å². The molecule has 0 aromatic carbocycles. The van der Waals surface area contributed by atoms with Crippen molar-refractivity contribution in [3.8, 4) is 0 Å². The molecule has 0 saturated carbocycles. The summed E-state index contributed by atoms with van der Waals surface area (Å²) >= 11 is 2.12. The average Bonchev–Trinajstić information content (AvgIpc) is 2.85. The molecule has 3 saturated heterocycles. The summed E-state index contributed by atoms with van der Waals surface area (Å²) in [5.41, 5.74) is 0.181. The molecule has 0 bridgehead atoms. The molecule has 3 fully saturated rings. The molecule has 4 heteroatoms. The Bertz CT molecular complexity index is 227. The Morgan fingerprint density at radius 1 is 1.31 bits per heavy atom. The highest BCUT2D eigenvalue weighted by atomic mass is 32.2. The highest BCUT2D eigenvalue weighted by molar-refractivity contribution is 7.99. The van der Waals surface area contributed by atoms with Gasteiger partial charge in [-0.15, -0.1) is 0 Å². The molecule has 0 aromatic rings. The second kappa shape index (κ2) is 4.84. The number of thioether (sulfide) groups is 1. The zero-order valence-electron chi connectivity index (χ0n) is 9.91. The van der Waals surface area contributed by atoms with Crippen molar-refractivity contribution in [2.24, 2.45) is 0 Å². The van der Waals surface area contributed by atoms with Gasteiger partial charge in [0.05, 0.1) is 12.2 Å². The van der Waals surface area contributed by atoms with E-state index in [0.717, 1.165) is 25.7 Å². The highest BCUT2D eigenvalue weighted by Crippen LogP contribution is 2.31. The van der Waals surface area contributed by atoms with Gasteiger partial charge in [0.1, 0.15) is 0 Å². The number of rotatable bonds is 1. The molecule has 3 aliphatic rings. The third-order valence-corrected chi connectivity index (χ3v) is 5.41. The molecule has 0 amide bonds. The second-order valence-corrected chi connectivity index (χ2v) is 6.41. The SMILES string of the molecule is C1COC2(CCN([C@H]3CCSC3)CC2)CN1. The Labute approximate surface area is 102 Å². The Morgan fingerprint density at radius 3 is 2.81 bits per heavy atom. The molecule has 16 heavy (non-hydrogen) atoms. The largest absolute Gasteiger partial charge is 0.372 e. The molecule has 3 rings (SSSR count). The Morgan fingerprint density at radius 2 is 2.19 bits per heavy atom. The maximum Gasteiger partial charge on any atom is 0.0831 e. The number of piperidine rings is 1. The maximum absolute atomic E-state index is 6.02. The molecular weight excluding hydrogens is 220 g/mol. The van der Waals surface area contributed by atoms with Crippen molar-refractivity contribution in [1.82, 2.24) is 10.2 Å². The van der Waals surface area contributed by atoms with Gasteiger partial charge in [0.2, 0.25) is 0 Å². The fourth-order valence-electron chi connectivity index (χ4n) is 3.13. The molecule has 1 atom stereocenters. The predicted octanol–water partition coefficient (Wildman–Crippen LogP) is 0.946. The molecule has 0 unspecified atom stereocenters. The van der Waals surface area contributed by atoms with Crippen LogP contribution in [0.4, 0.5) is 0 Å². The monoisotopic (exact) mass is 242 g/mol. The van der Waals surface area contributed by atoms with Crippen molar-refractivity contribution >= 4 is 11.8 Å².